The van der Waals surface area contributed by atoms with E-state index in [-0.39, 0.29) is 11.9 Å². The van der Waals surface area contributed by atoms with E-state index in [1.165, 1.54) is 0 Å². The Morgan fingerprint density at radius 1 is 1.73 bits per heavy atom. The van der Waals surface area contributed by atoms with Crippen molar-refractivity contribution in [1.29, 1.82) is 0 Å². The molecule has 0 aromatic carbocycles. The number of nitrogens with one attached hydrogen (secondary N) is 1. The molecule has 1 amide bonds. The van der Waals surface area contributed by atoms with E-state index < -0.39 is 0 Å². The lowest BCUT2D eigenvalue weighted by Gasteiger charge is -2.12. The van der Waals surface area contributed by atoms with Crippen molar-refractivity contribution in [3.8, 4) is 0 Å². The Labute approximate surface area is 89.6 Å². The van der Waals surface area contributed by atoms with Crippen molar-refractivity contribution in [3.63, 3.8) is 0 Å². The Morgan fingerprint density at radius 2 is 2.47 bits per heavy atom. The molecule has 0 fully saturated rings. The van der Waals surface area contributed by atoms with Crippen LogP contribution in [0.1, 0.15) is 18.9 Å². The van der Waals surface area contributed by atoms with Crippen molar-refractivity contribution in [2.75, 3.05) is 6.54 Å². The minimum atomic E-state index is -0.297. The van der Waals surface area contributed by atoms with E-state index in [0.29, 0.717) is 13.0 Å². The molecule has 0 unspecified atom stereocenters. The molecule has 0 aliphatic heterocycles. The zero-order valence-electron chi connectivity index (χ0n) is 9.23. The molecule has 1 atom stereocenters. The average Bonchev–Trinajstić information content (AvgIpc) is 2.58. The van der Waals surface area contributed by atoms with Crippen LogP contribution in [0.15, 0.2) is 12.4 Å². The van der Waals surface area contributed by atoms with Crippen molar-refractivity contribution in [2.24, 2.45) is 5.73 Å². The lowest BCUT2D eigenvalue weighted by molar-refractivity contribution is -0.120. The molecule has 0 aliphatic rings. The highest BCUT2D eigenvalue weighted by atomic mass is 16.1. The van der Waals surface area contributed by atoms with Gasteiger partial charge in [0, 0.05) is 12.7 Å². The molecule has 5 nitrogen and oxygen atoms in total. The Morgan fingerprint density at radius 3 is 2.93 bits per heavy atom. The van der Waals surface area contributed by atoms with Crippen molar-refractivity contribution in [3.05, 3.63) is 18.0 Å². The van der Waals surface area contributed by atoms with Gasteiger partial charge in [-0.3, -0.25) is 9.48 Å². The smallest absolute Gasteiger partial charge is 0.234 e. The molecule has 1 aromatic rings. The second-order valence-corrected chi connectivity index (χ2v) is 3.60. The highest BCUT2D eigenvalue weighted by molar-refractivity contribution is 5.79. The van der Waals surface area contributed by atoms with Crippen LogP contribution in [0.3, 0.4) is 0 Å². The van der Waals surface area contributed by atoms with Crippen molar-refractivity contribution >= 4 is 5.91 Å². The van der Waals surface area contributed by atoms with Crippen LogP contribution in [-0.2, 0) is 11.3 Å². The van der Waals surface area contributed by atoms with Gasteiger partial charge in [0.25, 0.3) is 0 Å². The monoisotopic (exact) mass is 210 g/mol. The normalized spacial score (nSPS) is 12.7. The summed E-state index contributed by atoms with van der Waals surface area (Å²) in [6.07, 6.45) is 4.49. The van der Waals surface area contributed by atoms with E-state index in [1.54, 1.807) is 0 Å². The number of hydrogen-bond donors (Lipinski definition) is 2. The fourth-order valence-electron chi connectivity index (χ4n) is 1.39. The van der Waals surface area contributed by atoms with Gasteiger partial charge < -0.3 is 11.1 Å². The minimum absolute atomic E-state index is 0.235. The molecule has 1 rings (SSSR count). The summed E-state index contributed by atoms with van der Waals surface area (Å²) in [6, 6.07) is -0.235. The van der Waals surface area contributed by atoms with E-state index in [1.807, 2.05) is 30.9 Å². The van der Waals surface area contributed by atoms with Crippen LogP contribution in [0.2, 0.25) is 0 Å². The van der Waals surface area contributed by atoms with Crippen LogP contribution in [0.5, 0.6) is 0 Å². The average molecular weight is 210 g/mol. The summed E-state index contributed by atoms with van der Waals surface area (Å²) in [4.78, 5) is 10.9. The predicted octanol–water partition coefficient (Wildman–Crippen LogP) is 0.0450. The maximum absolute atomic E-state index is 10.9. The molecule has 0 radical (unpaired) electrons. The third kappa shape index (κ3) is 3.71. The van der Waals surface area contributed by atoms with E-state index in [0.717, 1.165) is 12.1 Å². The summed E-state index contributed by atoms with van der Waals surface area (Å²) < 4.78 is 1.84. The highest BCUT2D eigenvalue weighted by Crippen LogP contribution is 1.94. The molecule has 84 valence electrons. The van der Waals surface area contributed by atoms with Crippen LogP contribution < -0.4 is 11.1 Å². The molecule has 0 aliphatic carbocycles. The Kier molecular flexibility index (Phi) is 4.30. The number of aromatic nitrogens is 2. The summed E-state index contributed by atoms with van der Waals surface area (Å²) in [5.74, 6) is -0.297. The van der Waals surface area contributed by atoms with Gasteiger partial charge in [-0.05, 0) is 18.9 Å². The summed E-state index contributed by atoms with van der Waals surface area (Å²) in [7, 11) is 0. The zero-order valence-corrected chi connectivity index (χ0v) is 9.23. The molecule has 0 saturated carbocycles. The number of aryl methyl sites for hydroxylation is 1. The second kappa shape index (κ2) is 5.50. The van der Waals surface area contributed by atoms with Crippen molar-refractivity contribution in [1.82, 2.24) is 15.1 Å². The first-order valence-corrected chi connectivity index (χ1v) is 5.15. The summed E-state index contributed by atoms with van der Waals surface area (Å²) in [5.41, 5.74) is 6.34. The molecule has 0 bridgehead atoms. The lowest BCUT2D eigenvalue weighted by Crippen LogP contribution is -2.42. The zero-order chi connectivity index (χ0) is 11.3. The number of rotatable bonds is 6. The number of primary amides is 1. The van der Waals surface area contributed by atoms with E-state index in [4.69, 9.17) is 5.73 Å². The van der Waals surface area contributed by atoms with Gasteiger partial charge in [-0.15, -0.1) is 0 Å². The van der Waals surface area contributed by atoms with Crippen molar-refractivity contribution in [2.45, 2.75) is 32.9 Å². The summed E-state index contributed by atoms with van der Waals surface area (Å²) in [6.45, 7) is 5.37. The predicted molar refractivity (Wildman–Crippen MR) is 58.2 cm³/mol. The van der Waals surface area contributed by atoms with Gasteiger partial charge in [0.15, 0.2) is 0 Å². The first kappa shape index (κ1) is 11.7. The standard InChI is InChI=1S/C10H18N4O/c1-3-9(10(11)15)12-4-5-14-7-8(2)6-13-14/h6-7,9,12H,3-5H2,1-2H3,(H2,11,15)/t9-/m0/s1. The number of carbonyl (C=O) groups is 1. The molecular weight excluding hydrogens is 192 g/mol. The largest absolute Gasteiger partial charge is 0.368 e. The quantitative estimate of drug-likeness (QED) is 0.696. The Bertz CT molecular complexity index is 321. The number of hydrogen-bond acceptors (Lipinski definition) is 3. The van der Waals surface area contributed by atoms with Gasteiger partial charge in [-0.1, -0.05) is 6.92 Å². The van der Waals surface area contributed by atoms with Gasteiger partial charge in [-0.2, -0.15) is 5.10 Å². The van der Waals surface area contributed by atoms with Crippen molar-refractivity contribution < 1.29 is 4.79 Å². The number of nitrogens with zero attached hydrogens (tertiary/aromatic N) is 2. The minimum Gasteiger partial charge on any atom is -0.368 e. The molecule has 0 spiro atoms. The number of amides is 1. The molecule has 15 heavy (non-hydrogen) atoms. The molecule has 0 saturated heterocycles. The number of nitrogens with two attached hydrogens (primary N) is 1. The highest BCUT2D eigenvalue weighted by Gasteiger charge is 2.10. The SMILES string of the molecule is CC[C@H](NCCn1cc(C)cn1)C(N)=O. The summed E-state index contributed by atoms with van der Waals surface area (Å²) >= 11 is 0. The van der Waals surface area contributed by atoms with Crippen LogP contribution in [0.25, 0.3) is 0 Å². The maximum atomic E-state index is 10.9. The van der Waals surface area contributed by atoms with Gasteiger partial charge in [0.05, 0.1) is 18.8 Å². The topological polar surface area (TPSA) is 72.9 Å². The van der Waals surface area contributed by atoms with E-state index in [2.05, 4.69) is 10.4 Å². The van der Waals surface area contributed by atoms with Crippen LogP contribution in [0.4, 0.5) is 0 Å². The van der Waals surface area contributed by atoms with Crippen LogP contribution in [-0.4, -0.2) is 28.3 Å². The van der Waals surface area contributed by atoms with Gasteiger partial charge in [0.1, 0.15) is 0 Å². The van der Waals surface area contributed by atoms with E-state index in [9.17, 15) is 4.79 Å². The Hall–Kier alpha value is -1.36. The van der Waals surface area contributed by atoms with Crippen LogP contribution in [0, 0.1) is 6.92 Å². The fourth-order valence-corrected chi connectivity index (χ4v) is 1.39. The van der Waals surface area contributed by atoms with Gasteiger partial charge in [-0.25, -0.2) is 0 Å². The number of carbonyl (C=O) groups excluding carboxylic acids is 1. The molecule has 1 heterocycles. The van der Waals surface area contributed by atoms with Crippen LogP contribution >= 0.6 is 0 Å². The van der Waals surface area contributed by atoms with E-state index >= 15 is 0 Å². The fraction of sp³-hybridized carbons (Fsp3) is 0.600. The third-order valence-corrected chi connectivity index (χ3v) is 2.25. The summed E-state index contributed by atoms with van der Waals surface area (Å²) in [5, 5.41) is 7.24. The van der Waals surface area contributed by atoms with Gasteiger partial charge in [0.2, 0.25) is 5.91 Å². The third-order valence-electron chi connectivity index (χ3n) is 2.25. The molecule has 5 heteroatoms. The lowest BCUT2D eigenvalue weighted by atomic mass is 10.2. The first-order chi connectivity index (χ1) is 7.13. The first-order valence-electron chi connectivity index (χ1n) is 5.15. The Balaban J connectivity index is 2.29. The molecular formula is C10H18N4O. The molecule has 1 aromatic heterocycles. The maximum Gasteiger partial charge on any atom is 0.234 e. The molecule has 3 N–H and O–H groups in total. The van der Waals surface area contributed by atoms with Gasteiger partial charge >= 0.3 is 0 Å². The second-order valence-electron chi connectivity index (χ2n) is 3.60.